The maximum Gasteiger partial charge on any atom is 0.169 e. The van der Waals surface area contributed by atoms with Crippen molar-refractivity contribution in [1.82, 2.24) is 15.3 Å². The van der Waals surface area contributed by atoms with Crippen LogP contribution >= 0.6 is 15.9 Å². The number of hydrogen-bond donors (Lipinski definition) is 1. The molecule has 1 saturated heterocycles. The molecule has 6 heteroatoms. The molecule has 23 heavy (non-hydrogen) atoms. The van der Waals surface area contributed by atoms with Crippen molar-refractivity contribution in [1.29, 1.82) is 0 Å². The van der Waals surface area contributed by atoms with Crippen molar-refractivity contribution in [3.8, 4) is 0 Å². The van der Waals surface area contributed by atoms with E-state index >= 15 is 0 Å². The molecule has 0 bridgehead atoms. The molecule has 1 N–H and O–H groups in total. The molecule has 2 aromatic rings. The number of piperidine rings is 1. The smallest absolute Gasteiger partial charge is 0.169 e. The molecule has 1 fully saturated rings. The lowest BCUT2D eigenvalue weighted by atomic mass is 10.0. The maximum atomic E-state index is 5.63. The standard InChI is InChI=1S/C17H23BrN4O/c1-11-10-17(21-13(3)19-11)22-8-6-14(7-9-22)20-12(2)15-4-5-16(18)23-15/h4-5,10,12,14,20H,6-9H2,1-3H3/t12-/m0/s1. The Morgan fingerprint density at radius 2 is 2.00 bits per heavy atom. The summed E-state index contributed by atoms with van der Waals surface area (Å²) in [6, 6.07) is 6.76. The van der Waals surface area contributed by atoms with Crippen LogP contribution in [0.1, 0.15) is 43.1 Å². The number of hydrogen-bond acceptors (Lipinski definition) is 5. The number of nitrogens with zero attached hydrogens (tertiary/aromatic N) is 3. The lowest BCUT2D eigenvalue weighted by molar-refractivity contribution is 0.343. The van der Waals surface area contributed by atoms with Crippen LogP contribution in [0.2, 0.25) is 0 Å². The molecule has 0 radical (unpaired) electrons. The van der Waals surface area contributed by atoms with Gasteiger partial charge in [-0.05, 0) is 61.7 Å². The molecule has 5 nitrogen and oxygen atoms in total. The highest BCUT2D eigenvalue weighted by Gasteiger charge is 2.23. The molecule has 0 unspecified atom stereocenters. The second-order valence-corrected chi connectivity index (χ2v) is 6.99. The third kappa shape index (κ3) is 4.12. The predicted octanol–water partition coefficient (Wildman–Crippen LogP) is 3.77. The summed E-state index contributed by atoms with van der Waals surface area (Å²) in [4.78, 5) is 11.3. The quantitative estimate of drug-likeness (QED) is 0.877. The summed E-state index contributed by atoms with van der Waals surface area (Å²) in [7, 11) is 0. The number of rotatable bonds is 4. The Morgan fingerprint density at radius 3 is 2.61 bits per heavy atom. The first-order valence-corrected chi connectivity index (χ1v) is 8.89. The molecule has 0 aliphatic carbocycles. The summed E-state index contributed by atoms with van der Waals surface area (Å²) in [6.07, 6.45) is 2.21. The van der Waals surface area contributed by atoms with Crippen molar-refractivity contribution in [2.24, 2.45) is 0 Å². The number of halogens is 1. The van der Waals surface area contributed by atoms with Crippen molar-refractivity contribution >= 4 is 21.7 Å². The largest absolute Gasteiger partial charge is 0.453 e. The van der Waals surface area contributed by atoms with Gasteiger partial charge in [-0.15, -0.1) is 0 Å². The van der Waals surface area contributed by atoms with Gasteiger partial charge >= 0.3 is 0 Å². The molecule has 1 atom stereocenters. The monoisotopic (exact) mass is 378 g/mol. The number of aromatic nitrogens is 2. The van der Waals surface area contributed by atoms with E-state index in [0.717, 1.165) is 53.7 Å². The zero-order valence-electron chi connectivity index (χ0n) is 13.8. The second-order valence-electron chi connectivity index (χ2n) is 6.21. The Kier molecular flexibility index (Phi) is 5.02. The Labute approximate surface area is 145 Å². The number of nitrogens with one attached hydrogen (secondary N) is 1. The van der Waals surface area contributed by atoms with Crippen molar-refractivity contribution in [3.63, 3.8) is 0 Å². The van der Waals surface area contributed by atoms with Crippen LogP contribution in [0.15, 0.2) is 27.3 Å². The Balaban J connectivity index is 1.56. The first-order chi connectivity index (χ1) is 11.0. The summed E-state index contributed by atoms with van der Waals surface area (Å²) in [5.74, 6) is 2.87. The summed E-state index contributed by atoms with van der Waals surface area (Å²) >= 11 is 3.36. The Bertz CT molecular complexity index is 644. The third-order valence-corrected chi connectivity index (χ3v) is 4.70. The lowest BCUT2D eigenvalue weighted by Crippen LogP contribution is -2.43. The van der Waals surface area contributed by atoms with E-state index in [9.17, 15) is 0 Å². The maximum absolute atomic E-state index is 5.63. The zero-order chi connectivity index (χ0) is 16.4. The van der Waals surface area contributed by atoms with Crippen LogP contribution in [0.4, 0.5) is 5.82 Å². The highest BCUT2D eigenvalue weighted by Crippen LogP contribution is 2.23. The van der Waals surface area contributed by atoms with Gasteiger partial charge in [-0.1, -0.05) is 0 Å². The second kappa shape index (κ2) is 7.01. The normalized spacial score (nSPS) is 17.5. The van der Waals surface area contributed by atoms with Crippen LogP contribution < -0.4 is 10.2 Å². The number of aryl methyl sites for hydroxylation is 2. The molecular weight excluding hydrogens is 356 g/mol. The summed E-state index contributed by atoms with van der Waals surface area (Å²) in [5.41, 5.74) is 1.03. The first-order valence-electron chi connectivity index (χ1n) is 8.10. The fourth-order valence-corrected chi connectivity index (χ4v) is 3.45. The predicted molar refractivity (Wildman–Crippen MR) is 94.7 cm³/mol. The van der Waals surface area contributed by atoms with Gasteiger partial charge in [-0.2, -0.15) is 0 Å². The minimum Gasteiger partial charge on any atom is -0.453 e. The van der Waals surface area contributed by atoms with Crippen molar-refractivity contribution < 1.29 is 4.42 Å². The highest BCUT2D eigenvalue weighted by atomic mass is 79.9. The van der Waals surface area contributed by atoms with E-state index in [-0.39, 0.29) is 6.04 Å². The highest BCUT2D eigenvalue weighted by molar-refractivity contribution is 9.10. The molecule has 0 spiro atoms. The molecule has 0 amide bonds. The summed E-state index contributed by atoms with van der Waals surface area (Å²) in [6.45, 7) is 8.16. The van der Waals surface area contributed by atoms with Gasteiger partial charge in [0.05, 0.1) is 6.04 Å². The van der Waals surface area contributed by atoms with Gasteiger partial charge in [-0.25, -0.2) is 9.97 Å². The number of anilines is 1. The third-order valence-electron chi connectivity index (χ3n) is 4.28. The first kappa shape index (κ1) is 16.5. The van der Waals surface area contributed by atoms with Gasteiger partial charge in [0.1, 0.15) is 17.4 Å². The molecular formula is C17H23BrN4O. The SMILES string of the molecule is Cc1cc(N2CCC(N[C@@H](C)c3ccc(Br)o3)CC2)nc(C)n1. The molecule has 2 aromatic heterocycles. The molecule has 0 aromatic carbocycles. The minimum absolute atomic E-state index is 0.224. The average molecular weight is 379 g/mol. The van der Waals surface area contributed by atoms with Gasteiger partial charge in [0.25, 0.3) is 0 Å². The molecule has 3 heterocycles. The topological polar surface area (TPSA) is 54.2 Å². The molecule has 124 valence electrons. The van der Waals surface area contributed by atoms with Gasteiger partial charge in [0, 0.05) is 30.9 Å². The fraction of sp³-hybridized carbons (Fsp3) is 0.529. The van der Waals surface area contributed by atoms with E-state index < -0.39 is 0 Å². The van der Waals surface area contributed by atoms with Gasteiger partial charge < -0.3 is 14.6 Å². The van der Waals surface area contributed by atoms with Crippen molar-refractivity contribution in [2.45, 2.75) is 45.7 Å². The molecule has 3 rings (SSSR count). The van der Waals surface area contributed by atoms with Crippen molar-refractivity contribution in [3.05, 3.63) is 40.1 Å². The Hall–Kier alpha value is -1.40. The van der Waals surface area contributed by atoms with Gasteiger partial charge in [-0.3, -0.25) is 0 Å². The van der Waals surface area contributed by atoms with Crippen LogP contribution in [-0.4, -0.2) is 29.1 Å². The van der Waals surface area contributed by atoms with E-state index in [4.69, 9.17) is 4.42 Å². The van der Waals surface area contributed by atoms with E-state index in [2.05, 4.69) is 49.1 Å². The average Bonchev–Trinajstić information content (AvgIpc) is 2.94. The van der Waals surface area contributed by atoms with E-state index in [1.807, 2.05) is 26.0 Å². The van der Waals surface area contributed by atoms with Crippen LogP contribution in [0.25, 0.3) is 0 Å². The van der Waals surface area contributed by atoms with E-state index in [1.54, 1.807) is 0 Å². The summed E-state index contributed by atoms with van der Waals surface area (Å²) in [5, 5.41) is 3.67. The van der Waals surface area contributed by atoms with E-state index in [1.165, 1.54) is 0 Å². The van der Waals surface area contributed by atoms with Crippen LogP contribution in [0.5, 0.6) is 0 Å². The van der Waals surface area contributed by atoms with Crippen LogP contribution in [0, 0.1) is 13.8 Å². The van der Waals surface area contributed by atoms with Crippen LogP contribution in [0.3, 0.4) is 0 Å². The summed E-state index contributed by atoms with van der Waals surface area (Å²) < 4.78 is 6.41. The fourth-order valence-electron chi connectivity index (χ4n) is 3.13. The Morgan fingerprint density at radius 1 is 1.26 bits per heavy atom. The zero-order valence-corrected chi connectivity index (χ0v) is 15.4. The van der Waals surface area contributed by atoms with Crippen LogP contribution in [-0.2, 0) is 0 Å². The molecule has 1 aliphatic heterocycles. The van der Waals surface area contributed by atoms with Crippen molar-refractivity contribution in [2.75, 3.05) is 18.0 Å². The number of furan rings is 1. The molecule has 0 saturated carbocycles. The van der Waals surface area contributed by atoms with E-state index in [0.29, 0.717) is 6.04 Å². The van der Waals surface area contributed by atoms with Gasteiger partial charge in [0.15, 0.2) is 4.67 Å². The molecule has 1 aliphatic rings. The minimum atomic E-state index is 0.224. The van der Waals surface area contributed by atoms with Gasteiger partial charge in [0.2, 0.25) is 0 Å². The lowest BCUT2D eigenvalue weighted by Gasteiger charge is -2.34.